The van der Waals surface area contributed by atoms with Crippen LogP contribution in [0.2, 0.25) is 0 Å². The third-order valence-corrected chi connectivity index (χ3v) is 3.67. The minimum absolute atomic E-state index is 0.0612. The summed E-state index contributed by atoms with van der Waals surface area (Å²) in [4.78, 5) is 2.30. The van der Waals surface area contributed by atoms with Gasteiger partial charge < -0.3 is 19.5 Å². The van der Waals surface area contributed by atoms with E-state index in [1.54, 1.807) is 0 Å². The molecule has 1 aliphatic heterocycles. The number of fused-ring (bicyclic) bond motifs is 1. The second-order valence-corrected chi connectivity index (χ2v) is 5.38. The lowest BCUT2D eigenvalue weighted by Gasteiger charge is -2.34. The van der Waals surface area contributed by atoms with Crippen molar-refractivity contribution < 1.29 is 14.6 Å². The summed E-state index contributed by atoms with van der Waals surface area (Å²) in [5.74, 6) is 2.34. The Bertz CT molecular complexity index is 429. The molecule has 0 aromatic heterocycles. The van der Waals surface area contributed by atoms with Crippen molar-refractivity contribution in [2.45, 2.75) is 25.5 Å². The van der Waals surface area contributed by atoms with Crippen LogP contribution in [0, 0.1) is 5.92 Å². The number of aliphatic hydroxyl groups excluding tert-OH is 1. The van der Waals surface area contributed by atoms with Gasteiger partial charge in [-0.15, -0.1) is 0 Å². The molecule has 18 heavy (non-hydrogen) atoms. The average molecular weight is 249 g/mol. The summed E-state index contributed by atoms with van der Waals surface area (Å²) in [6.07, 6.45) is 1.84. The summed E-state index contributed by atoms with van der Waals surface area (Å²) in [6.45, 7) is 2.28. The molecule has 0 saturated heterocycles. The van der Waals surface area contributed by atoms with Crippen LogP contribution in [-0.4, -0.2) is 36.5 Å². The maximum Gasteiger partial charge on any atom is 0.231 e. The smallest absolute Gasteiger partial charge is 0.231 e. The fourth-order valence-electron chi connectivity index (χ4n) is 2.71. The van der Waals surface area contributed by atoms with Gasteiger partial charge in [-0.3, -0.25) is 0 Å². The van der Waals surface area contributed by atoms with E-state index < -0.39 is 0 Å². The van der Waals surface area contributed by atoms with Crippen LogP contribution in [0.5, 0.6) is 11.5 Å². The second kappa shape index (κ2) is 4.78. The minimum Gasteiger partial charge on any atom is -0.454 e. The standard InChI is InChI=1S/C14H19NO3/c1-15(8-11-4-12(16)5-11)7-10-2-3-13-14(6-10)18-9-17-13/h2-3,6,11-12,16H,4-5,7-9H2,1H3. The molecule has 0 bridgehead atoms. The lowest BCUT2D eigenvalue weighted by Crippen LogP contribution is -2.36. The monoisotopic (exact) mass is 249 g/mol. The molecule has 0 radical (unpaired) electrons. The van der Waals surface area contributed by atoms with Gasteiger partial charge >= 0.3 is 0 Å². The minimum atomic E-state index is -0.0612. The summed E-state index contributed by atoms with van der Waals surface area (Å²) in [5.41, 5.74) is 1.24. The first-order chi connectivity index (χ1) is 8.70. The first-order valence-corrected chi connectivity index (χ1v) is 6.46. The van der Waals surface area contributed by atoms with Crippen LogP contribution in [0.25, 0.3) is 0 Å². The normalized spacial score (nSPS) is 25.3. The molecule has 98 valence electrons. The topological polar surface area (TPSA) is 41.9 Å². The van der Waals surface area contributed by atoms with Gasteiger partial charge in [0.05, 0.1) is 6.10 Å². The summed E-state index contributed by atoms with van der Waals surface area (Å²) < 4.78 is 10.7. The number of benzene rings is 1. The number of ether oxygens (including phenoxy) is 2. The van der Waals surface area contributed by atoms with Crippen LogP contribution < -0.4 is 9.47 Å². The first-order valence-electron chi connectivity index (χ1n) is 6.46. The van der Waals surface area contributed by atoms with Crippen molar-refractivity contribution in [3.8, 4) is 11.5 Å². The van der Waals surface area contributed by atoms with Crippen molar-refractivity contribution in [2.75, 3.05) is 20.4 Å². The van der Waals surface area contributed by atoms with E-state index in [1.807, 2.05) is 6.07 Å². The molecule has 0 atom stereocenters. The van der Waals surface area contributed by atoms with Gasteiger partial charge in [0, 0.05) is 13.1 Å². The SMILES string of the molecule is CN(Cc1ccc2c(c1)OCO2)CC1CC(O)C1. The van der Waals surface area contributed by atoms with Crippen molar-refractivity contribution >= 4 is 0 Å². The second-order valence-electron chi connectivity index (χ2n) is 5.38. The van der Waals surface area contributed by atoms with E-state index in [2.05, 4.69) is 24.1 Å². The quantitative estimate of drug-likeness (QED) is 0.880. The third-order valence-electron chi connectivity index (χ3n) is 3.67. The lowest BCUT2D eigenvalue weighted by atomic mass is 9.82. The Morgan fingerprint density at radius 2 is 2.06 bits per heavy atom. The molecular weight excluding hydrogens is 230 g/mol. The van der Waals surface area contributed by atoms with E-state index in [0.29, 0.717) is 12.7 Å². The van der Waals surface area contributed by atoms with E-state index >= 15 is 0 Å². The zero-order valence-corrected chi connectivity index (χ0v) is 10.6. The molecule has 1 aromatic rings. The van der Waals surface area contributed by atoms with Crippen LogP contribution in [0.3, 0.4) is 0 Å². The molecule has 4 nitrogen and oxygen atoms in total. The van der Waals surface area contributed by atoms with Crippen molar-refractivity contribution in [3.63, 3.8) is 0 Å². The van der Waals surface area contributed by atoms with Gasteiger partial charge in [-0.25, -0.2) is 0 Å². The molecule has 0 amide bonds. The summed E-state index contributed by atoms with van der Waals surface area (Å²) in [6, 6.07) is 6.10. The number of aliphatic hydroxyl groups is 1. The number of hydrogen-bond acceptors (Lipinski definition) is 4. The number of hydrogen-bond donors (Lipinski definition) is 1. The van der Waals surface area contributed by atoms with Crippen LogP contribution in [0.1, 0.15) is 18.4 Å². The van der Waals surface area contributed by atoms with Crippen LogP contribution >= 0.6 is 0 Å². The molecule has 2 aliphatic rings. The van der Waals surface area contributed by atoms with Crippen molar-refractivity contribution in [2.24, 2.45) is 5.92 Å². The van der Waals surface area contributed by atoms with Crippen molar-refractivity contribution in [1.82, 2.24) is 4.90 Å². The largest absolute Gasteiger partial charge is 0.454 e. The van der Waals surface area contributed by atoms with E-state index in [4.69, 9.17) is 9.47 Å². The van der Waals surface area contributed by atoms with Gasteiger partial charge in [0.1, 0.15) is 0 Å². The van der Waals surface area contributed by atoms with E-state index in [0.717, 1.165) is 37.4 Å². The van der Waals surface area contributed by atoms with Crippen molar-refractivity contribution in [1.29, 1.82) is 0 Å². The molecule has 4 heteroatoms. The highest BCUT2D eigenvalue weighted by Gasteiger charge is 2.27. The van der Waals surface area contributed by atoms with Gasteiger partial charge in [0.25, 0.3) is 0 Å². The lowest BCUT2D eigenvalue weighted by molar-refractivity contribution is 0.0274. The maximum atomic E-state index is 9.28. The zero-order valence-electron chi connectivity index (χ0n) is 10.6. The Morgan fingerprint density at radius 3 is 2.83 bits per heavy atom. The van der Waals surface area contributed by atoms with Gasteiger partial charge in [0.2, 0.25) is 6.79 Å². The predicted molar refractivity (Wildman–Crippen MR) is 67.6 cm³/mol. The van der Waals surface area contributed by atoms with Gasteiger partial charge in [-0.05, 0) is 43.5 Å². The van der Waals surface area contributed by atoms with E-state index in [-0.39, 0.29) is 6.10 Å². The summed E-state index contributed by atoms with van der Waals surface area (Å²) >= 11 is 0. The van der Waals surface area contributed by atoms with Gasteiger partial charge in [0.15, 0.2) is 11.5 Å². The maximum absolute atomic E-state index is 9.28. The first kappa shape index (κ1) is 11.8. The van der Waals surface area contributed by atoms with Crippen LogP contribution in [0.15, 0.2) is 18.2 Å². The van der Waals surface area contributed by atoms with Gasteiger partial charge in [-0.2, -0.15) is 0 Å². The van der Waals surface area contributed by atoms with Crippen LogP contribution in [-0.2, 0) is 6.54 Å². The average Bonchev–Trinajstić information content (AvgIpc) is 2.74. The Balaban J connectivity index is 1.55. The predicted octanol–water partition coefficient (Wildman–Crippen LogP) is 1.62. The summed E-state index contributed by atoms with van der Waals surface area (Å²) in [5, 5.41) is 9.28. The molecule has 1 aliphatic carbocycles. The fourth-order valence-corrected chi connectivity index (χ4v) is 2.71. The van der Waals surface area contributed by atoms with E-state index in [9.17, 15) is 5.11 Å². The Hall–Kier alpha value is -1.26. The molecule has 0 spiro atoms. The molecule has 1 fully saturated rings. The summed E-state index contributed by atoms with van der Waals surface area (Å²) in [7, 11) is 2.12. The molecule has 0 unspecified atom stereocenters. The highest BCUT2D eigenvalue weighted by molar-refractivity contribution is 5.44. The fraction of sp³-hybridized carbons (Fsp3) is 0.571. The number of nitrogens with zero attached hydrogens (tertiary/aromatic N) is 1. The van der Waals surface area contributed by atoms with Gasteiger partial charge in [-0.1, -0.05) is 6.07 Å². The highest BCUT2D eigenvalue weighted by atomic mass is 16.7. The zero-order chi connectivity index (χ0) is 12.5. The molecule has 1 heterocycles. The third kappa shape index (κ3) is 2.44. The molecule has 1 N–H and O–H groups in total. The van der Waals surface area contributed by atoms with Crippen LogP contribution in [0.4, 0.5) is 0 Å². The highest BCUT2D eigenvalue weighted by Crippen LogP contribution is 2.33. The number of rotatable bonds is 4. The molecular formula is C14H19NO3. The Morgan fingerprint density at radius 1 is 1.28 bits per heavy atom. The van der Waals surface area contributed by atoms with E-state index in [1.165, 1.54) is 5.56 Å². The Labute approximate surface area is 107 Å². The molecule has 1 aromatic carbocycles. The molecule has 1 saturated carbocycles. The Kier molecular flexibility index (Phi) is 3.14. The van der Waals surface area contributed by atoms with Crippen molar-refractivity contribution in [3.05, 3.63) is 23.8 Å². The molecule has 3 rings (SSSR count).